The fourth-order valence-corrected chi connectivity index (χ4v) is 3.68. The smallest absolute Gasteiger partial charge is 0.326 e. The van der Waals surface area contributed by atoms with Gasteiger partial charge in [0, 0.05) is 6.54 Å². The van der Waals surface area contributed by atoms with E-state index in [4.69, 9.17) is 9.47 Å². The largest absolute Gasteiger partial charge is 0.497 e. The number of nitrogens with zero attached hydrogens (tertiary/aromatic N) is 1. The lowest BCUT2D eigenvalue weighted by molar-refractivity contribution is -0.150. The summed E-state index contributed by atoms with van der Waals surface area (Å²) in [5.74, 6) is -0.104. The van der Waals surface area contributed by atoms with E-state index in [2.05, 4.69) is 6.58 Å². The van der Waals surface area contributed by atoms with Crippen LogP contribution < -0.4 is 4.74 Å². The van der Waals surface area contributed by atoms with Crippen LogP contribution >= 0.6 is 0 Å². The number of hydrogen-bond acceptors (Lipinski definition) is 5. The average molecular weight is 327 g/mol. The van der Waals surface area contributed by atoms with Gasteiger partial charge in [0.25, 0.3) is 0 Å². The summed E-state index contributed by atoms with van der Waals surface area (Å²) < 4.78 is 36.4. The Labute approximate surface area is 131 Å². The van der Waals surface area contributed by atoms with E-state index < -0.39 is 21.5 Å². The van der Waals surface area contributed by atoms with Crippen molar-refractivity contribution >= 4 is 16.0 Å². The molecule has 0 saturated heterocycles. The zero-order valence-electron chi connectivity index (χ0n) is 13.2. The molecule has 0 aliphatic heterocycles. The number of hydrogen-bond donors (Lipinski definition) is 0. The summed E-state index contributed by atoms with van der Waals surface area (Å²) in [6.07, 6.45) is 1.42. The topological polar surface area (TPSA) is 72.9 Å². The lowest BCUT2D eigenvalue weighted by atomic mass is 10.1. The average Bonchev–Trinajstić information content (AvgIpc) is 2.51. The minimum absolute atomic E-state index is 0.0174. The molecule has 22 heavy (non-hydrogen) atoms. The Morgan fingerprint density at radius 2 is 1.82 bits per heavy atom. The molecule has 7 heteroatoms. The second kappa shape index (κ2) is 6.93. The van der Waals surface area contributed by atoms with Crippen LogP contribution in [0.3, 0.4) is 0 Å². The quantitative estimate of drug-likeness (QED) is 0.564. The number of methoxy groups -OCH3 is 2. The van der Waals surface area contributed by atoms with Gasteiger partial charge in [-0.25, -0.2) is 8.42 Å². The Morgan fingerprint density at radius 3 is 2.23 bits per heavy atom. The van der Waals surface area contributed by atoms with E-state index in [0.29, 0.717) is 5.75 Å². The molecule has 0 aliphatic carbocycles. The molecule has 0 aromatic heterocycles. The molecule has 0 bridgehead atoms. The fourth-order valence-electron chi connectivity index (χ4n) is 1.97. The minimum Gasteiger partial charge on any atom is -0.497 e. The van der Waals surface area contributed by atoms with E-state index in [9.17, 15) is 13.2 Å². The minimum atomic E-state index is -3.90. The van der Waals surface area contributed by atoms with Crippen LogP contribution in [-0.4, -0.2) is 45.0 Å². The molecule has 122 valence electrons. The van der Waals surface area contributed by atoms with E-state index in [0.717, 1.165) is 4.31 Å². The molecule has 0 atom stereocenters. The molecule has 6 nitrogen and oxygen atoms in total. The maximum Gasteiger partial charge on any atom is 0.326 e. The molecular weight excluding hydrogens is 306 g/mol. The van der Waals surface area contributed by atoms with Gasteiger partial charge in [0.15, 0.2) is 0 Å². The van der Waals surface area contributed by atoms with E-state index in [-0.39, 0.29) is 11.4 Å². The summed E-state index contributed by atoms with van der Waals surface area (Å²) >= 11 is 0. The van der Waals surface area contributed by atoms with Gasteiger partial charge in [0.1, 0.15) is 11.3 Å². The monoisotopic (exact) mass is 327 g/mol. The highest BCUT2D eigenvalue weighted by Crippen LogP contribution is 2.27. The zero-order chi connectivity index (χ0) is 17.0. The van der Waals surface area contributed by atoms with E-state index >= 15 is 0 Å². The van der Waals surface area contributed by atoms with Crippen LogP contribution in [-0.2, 0) is 19.6 Å². The van der Waals surface area contributed by atoms with Gasteiger partial charge < -0.3 is 9.47 Å². The van der Waals surface area contributed by atoms with Crippen molar-refractivity contribution in [3.63, 3.8) is 0 Å². The van der Waals surface area contributed by atoms with Crippen LogP contribution in [0.2, 0.25) is 0 Å². The second-order valence-electron chi connectivity index (χ2n) is 5.05. The normalized spacial score (nSPS) is 12.0. The first-order chi connectivity index (χ1) is 10.2. The predicted octanol–water partition coefficient (Wildman–Crippen LogP) is 1.82. The lowest BCUT2D eigenvalue weighted by Crippen LogP contribution is -2.53. The standard InChI is InChI=1S/C15H21NO5S/c1-6-11-16(15(2,3)14(17)21-5)22(18,19)13-9-7-12(20-4)8-10-13/h6-10H,1,11H2,2-5H3. The number of ether oxygens (including phenoxy) is 2. The summed E-state index contributed by atoms with van der Waals surface area (Å²) in [5.41, 5.74) is -1.36. The first-order valence-electron chi connectivity index (χ1n) is 6.58. The predicted molar refractivity (Wildman–Crippen MR) is 83.2 cm³/mol. The second-order valence-corrected chi connectivity index (χ2v) is 6.91. The molecule has 0 aliphatic rings. The van der Waals surface area contributed by atoms with E-state index in [1.165, 1.54) is 46.3 Å². The third-order valence-corrected chi connectivity index (χ3v) is 5.30. The van der Waals surface area contributed by atoms with Crippen LogP contribution in [0, 0.1) is 0 Å². The first kappa shape index (κ1) is 18.2. The Balaban J connectivity index is 3.33. The maximum atomic E-state index is 12.8. The van der Waals surface area contributed by atoms with Gasteiger partial charge in [-0.15, -0.1) is 6.58 Å². The van der Waals surface area contributed by atoms with Crippen molar-refractivity contribution in [3.8, 4) is 5.75 Å². The van der Waals surface area contributed by atoms with Crippen molar-refractivity contribution in [2.45, 2.75) is 24.3 Å². The Morgan fingerprint density at radius 1 is 1.27 bits per heavy atom. The zero-order valence-corrected chi connectivity index (χ0v) is 14.0. The Hall–Kier alpha value is -1.86. The van der Waals surface area contributed by atoms with E-state index in [1.54, 1.807) is 12.1 Å². The SMILES string of the molecule is C=CCN(C(C)(C)C(=O)OC)S(=O)(=O)c1ccc(OC)cc1. The summed E-state index contributed by atoms with van der Waals surface area (Å²) in [7, 11) is -1.18. The molecule has 0 heterocycles. The van der Waals surface area contributed by atoms with Crippen molar-refractivity contribution in [2.75, 3.05) is 20.8 Å². The summed E-state index contributed by atoms with van der Waals surface area (Å²) in [6, 6.07) is 5.95. The van der Waals surface area contributed by atoms with Crippen LogP contribution in [0.5, 0.6) is 5.75 Å². The molecule has 0 spiro atoms. The first-order valence-corrected chi connectivity index (χ1v) is 8.02. The third-order valence-electron chi connectivity index (χ3n) is 3.25. The molecule has 1 aromatic carbocycles. The van der Waals surface area contributed by atoms with Crippen molar-refractivity contribution < 1.29 is 22.7 Å². The number of sulfonamides is 1. The van der Waals surface area contributed by atoms with Gasteiger partial charge in [-0.05, 0) is 38.1 Å². The Kier molecular flexibility index (Phi) is 5.73. The molecule has 0 radical (unpaired) electrons. The highest BCUT2D eigenvalue weighted by Gasteiger charge is 2.42. The molecular formula is C15H21NO5S. The van der Waals surface area contributed by atoms with Crippen LogP contribution in [0.25, 0.3) is 0 Å². The van der Waals surface area contributed by atoms with Gasteiger partial charge in [-0.1, -0.05) is 6.08 Å². The van der Waals surface area contributed by atoms with Crippen molar-refractivity contribution in [1.29, 1.82) is 0 Å². The van der Waals surface area contributed by atoms with Crippen LogP contribution in [0.15, 0.2) is 41.8 Å². The highest BCUT2D eigenvalue weighted by atomic mass is 32.2. The number of benzene rings is 1. The van der Waals surface area contributed by atoms with Gasteiger partial charge in [-0.3, -0.25) is 4.79 Å². The number of esters is 1. The van der Waals surface area contributed by atoms with Crippen molar-refractivity contribution in [2.24, 2.45) is 0 Å². The molecule has 0 saturated carbocycles. The molecule has 0 unspecified atom stereocenters. The van der Waals surface area contributed by atoms with Gasteiger partial charge >= 0.3 is 5.97 Å². The fraction of sp³-hybridized carbons (Fsp3) is 0.400. The number of rotatable bonds is 7. The molecule has 0 fully saturated rings. The number of carbonyl (C=O) groups excluding carboxylic acids is 1. The third kappa shape index (κ3) is 3.48. The van der Waals surface area contributed by atoms with Crippen molar-refractivity contribution in [1.82, 2.24) is 4.31 Å². The highest BCUT2D eigenvalue weighted by molar-refractivity contribution is 7.89. The summed E-state index contributed by atoms with van der Waals surface area (Å²) in [6.45, 7) is 6.52. The lowest BCUT2D eigenvalue weighted by Gasteiger charge is -2.34. The van der Waals surface area contributed by atoms with Crippen molar-refractivity contribution in [3.05, 3.63) is 36.9 Å². The van der Waals surface area contributed by atoms with Gasteiger partial charge in [0.2, 0.25) is 10.0 Å². The molecule has 1 rings (SSSR count). The van der Waals surface area contributed by atoms with E-state index in [1.807, 2.05) is 0 Å². The summed E-state index contributed by atoms with van der Waals surface area (Å²) in [4.78, 5) is 12.0. The molecule has 0 N–H and O–H groups in total. The van der Waals surface area contributed by atoms with Gasteiger partial charge in [0.05, 0.1) is 19.1 Å². The maximum absolute atomic E-state index is 12.8. The van der Waals surface area contributed by atoms with Crippen LogP contribution in [0.4, 0.5) is 0 Å². The van der Waals surface area contributed by atoms with Gasteiger partial charge in [-0.2, -0.15) is 4.31 Å². The Bertz CT molecular complexity index is 634. The molecule has 1 aromatic rings. The number of carbonyl (C=O) groups is 1. The van der Waals surface area contributed by atoms with Crippen LogP contribution in [0.1, 0.15) is 13.8 Å². The molecule has 0 amide bonds. The summed E-state index contributed by atoms with van der Waals surface area (Å²) in [5, 5.41) is 0.